The summed E-state index contributed by atoms with van der Waals surface area (Å²) in [6.45, 7) is 9.20. The zero-order valence-electron chi connectivity index (χ0n) is 24.3. The third kappa shape index (κ3) is 8.15. The molecule has 0 N–H and O–H groups in total. The lowest BCUT2D eigenvalue weighted by Gasteiger charge is -2.30. The Morgan fingerprint density at radius 3 is 2.23 bits per heavy atom. The summed E-state index contributed by atoms with van der Waals surface area (Å²) in [5.41, 5.74) is 1.99. The molecule has 0 saturated carbocycles. The topological polar surface area (TPSA) is 77.5 Å². The van der Waals surface area contributed by atoms with Crippen molar-refractivity contribution in [2.24, 2.45) is 0 Å². The molecule has 1 fully saturated rings. The number of rotatable bonds is 10. The summed E-state index contributed by atoms with van der Waals surface area (Å²) in [5, 5.41) is 0. The summed E-state index contributed by atoms with van der Waals surface area (Å²) in [7, 11) is 4.59. The van der Waals surface area contributed by atoms with Gasteiger partial charge < -0.3 is 28.7 Å². The van der Waals surface area contributed by atoms with E-state index in [0.717, 1.165) is 24.0 Å². The van der Waals surface area contributed by atoms with Crippen molar-refractivity contribution in [3.8, 4) is 17.2 Å². The first-order chi connectivity index (χ1) is 18.6. The molecule has 0 aliphatic carbocycles. The van der Waals surface area contributed by atoms with Gasteiger partial charge in [0, 0.05) is 31.2 Å². The van der Waals surface area contributed by atoms with Gasteiger partial charge in [0.05, 0.1) is 21.3 Å². The van der Waals surface area contributed by atoms with Crippen molar-refractivity contribution in [1.82, 2.24) is 9.80 Å². The summed E-state index contributed by atoms with van der Waals surface area (Å²) in [6.07, 6.45) is 4.22. The molecule has 8 heteroatoms. The van der Waals surface area contributed by atoms with Gasteiger partial charge in [0.25, 0.3) is 5.91 Å². The Kier molecular flexibility index (Phi) is 10.3. The lowest BCUT2D eigenvalue weighted by atomic mass is 10.1. The van der Waals surface area contributed by atoms with Crippen LogP contribution in [0.1, 0.15) is 62.9 Å². The Hall–Kier alpha value is -3.68. The molecule has 212 valence electrons. The van der Waals surface area contributed by atoms with Crippen LogP contribution in [0.25, 0.3) is 6.08 Å². The normalized spacial score (nSPS) is 15.6. The highest BCUT2D eigenvalue weighted by molar-refractivity contribution is 5.96. The van der Waals surface area contributed by atoms with E-state index >= 15 is 0 Å². The predicted octanol–water partition coefficient (Wildman–Crippen LogP) is 6.05. The van der Waals surface area contributed by atoms with Crippen LogP contribution in [0.2, 0.25) is 0 Å². The van der Waals surface area contributed by atoms with E-state index in [1.54, 1.807) is 17.0 Å². The lowest BCUT2D eigenvalue weighted by molar-refractivity contribution is 0.0214. The van der Waals surface area contributed by atoms with E-state index in [1.165, 1.54) is 21.3 Å². The molecule has 3 rings (SSSR count). The van der Waals surface area contributed by atoms with Crippen LogP contribution in [0.5, 0.6) is 17.2 Å². The third-order valence-corrected chi connectivity index (χ3v) is 6.59. The molecule has 8 nitrogen and oxygen atoms in total. The summed E-state index contributed by atoms with van der Waals surface area (Å²) in [5.74, 6) is 1.12. The van der Waals surface area contributed by atoms with Crippen molar-refractivity contribution in [3.05, 3.63) is 59.2 Å². The second-order valence-corrected chi connectivity index (χ2v) is 10.8. The molecule has 1 saturated heterocycles. The summed E-state index contributed by atoms with van der Waals surface area (Å²) < 4.78 is 22.0. The van der Waals surface area contributed by atoms with Crippen molar-refractivity contribution in [2.75, 3.05) is 41.0 Å². The number of nitrogens with zero attached hydrogens (tertiary/aromatic N) is 2. The van der Waals surface area contributed by atoms with Crippen LogP contribution in [0.3, 0.4) is 0 Å². The van der Waals surface area contributed by atoms with Gasteiger partial charge in [-0.2, -0.15) is 0 Å². The number of methoxy groups -OCH3 is 3. The minimum atomic E-state index is -0.557. The zero-order valence-corrected chi connectivity index (χ0v) is 24.3. The number of carbonyl (C=O) groups excluding carboxylic acids is 2. The Morgan fingerprint density at radius 2 is 1.67 bits per heavy atom. The van der Waals surface area contributed by atoms with Crippen molar-refractivity contribution >= 4 is 18.1 Å². The van der Waals surface area contributed by atoms with Crippen LogP contribution in [0, 0.1) is 0 Å². The van der Waals surface area contributed by atoms with Gasteiger partial charge in [0.15, 0.2) is 11.5 Å². The first kappa shape index (κ1) is 29.9. The molecule has 2 amide bonds. The fraction of sp³-hybridized carbons (Fsp3) is 0.484. The number of hydrogen-bond donors (Lipinski definition) is 0. The second kappa shape index (κ2) is 13.4. The molecule has 0 bridgehead atoms. The summed E-state index contributed by atoms with van der Waals surface area (Å²) >= 11 is 0. The first-order valence-corrected chi connectivity index (χ1v) is 13.4. The van der Waals surface area contributed by atoms with Crippen molar-refractivity contribution in [2.45, 2.75) is 58.6 Å². The number of likely N-dealkylation sites (tertiary alicyclic amines) is 1. The first-order valence-electron chi connectivity index (χ1n) is 13.4. The van der Waals surface area contributed by atoms with Gasteiger partial charge in [-0.1, -0.05) is 42.0 Å². The summed E-state index contributed by atoms with van der Waals surface area (Å²) in [6, 6.07) is 13.4. The minimum Gasteiger partial charge on any atom is -0.493 e. The van der Waals surface area contributed by atoms with Crippen LogP contribution < -0.4 is 14.2 Å². The molecule has 0 aromatic heterocycles. The van der Waals surface area contributed by atoms with E-state index in [-0.39, 0.29) is 18.0 Å². The second-order valence-electron chi connectivity index (χ2n) is 10.8. The number of amides is 2. The van der Waals surface area contributed by atoms with Crippen LogP contribution in [0.4, 0.5) is 4.79 Å². The van der Waals surface area contributed by atoms with Gasteiger partial charge in [-0.3, -0.25) is 4.79 Å². The highest BCUT2D eigenvalue weighted by Crippen LogP contribution is 2.38. The average Bonchev–Trinajstić information content (AvgIpc) is 3.38. The van der Waals surface area contributed by atoms with Crippen molar-refractivity contribution in [1.29, 1.82) is 0 Å². The molecule has 1 heterocycles. The maximum Gasteiger partial charge on any atom is 0.410 e. The summed E-state index contributed by atoms with van der Waals surface area (Å²) in [4.78, 5) is 30.4. The van der Waals surface area contributed by atoms with Gasteiger partial charge in [-0.25, -0.2) is 4.79 Å². The van der Waals surface area contributed by atoms with Crippen molar-refractivity contribution < 1.29 is 28.5 Å². The standard InChI is InChI=1S/C31H42N2O6/c1-22(18-23-12-9-8-10-13-23)21-32(17-15-25-14-11-16-33(25)30(35)39-31(2,3)4)29(34)24-19-26(36-5)28(38-7)27(20-24)37-6/h8-10,12-13,18-20,25H,11,14-17,21H2,1-7H3/b22-18-. The molecule has 1 atom stereocenters. The van der Waals surface area contributed by atoms with Crippen LogP contribution in [-0.2, 0) is 4.74 Å². The minimum absolute atomic E-state index is 0.00787. The number of carbonyl (C=O) groups is 2. The Balaban J connectivity index is 1.86. The fourth-order valence-electron chi connectivity index (χ4n) is 4.82. The number of hydrogen-bond acceptors (Lipinski definition) is 6. The number of ether oxygens (including phenoxy) is 4. The molecule has 1 aliphatic rings. The molecule has 1 unspecified atom stereocenters. The van der Waals surface area contributed by atoms with E-state index in [0.29, 0.717) is 48.9 Å². The molecular formula is C31H42N2O6. The Bertz CT molecular complexity index is 1130. The Morgan fingerprint density at radius 1 is 1.03 bits per heavy atom. The molecule has 2 aromatic carbocycles. The van der Waals surface area contributed by atoms with Crippen molar-refractivity contribution in [3.63, 3.8) is 0 Å². The van der Waals surface area contributed by atoms with Crippen LogP contribution >= 0.6 is 0 Å². The molecule has 1 aliphatic heterocycles. The van der Waals surface area contributed by atoms with Gasteiger partial charge in [0.1, 0.15) is 5.60 Å². The molecular weight excluding hydrogens is 496 g/mol. The van der Waals surface area contributed by atoms with E-state index in [2.05, 4.69) is 6.08 Å². The Labute approximate surface area is 232 Å². The molecule has 39 heavy (non-hydrogen) atoms. The lowest BCUT2D eigenvalue weighted by Crippen LogP contribution is -2.42. The SMILES string of the molecule is COc1cc(C(=O)N(CCC2CCCN2C(=O)OC(C)(C)C)C/C(C)=C\c2ccccc2)cc(OC)c1OC. The molecule has 0 radical (unpaired) electrons. The van der Waals surface area contributed by atoms with Crippen LogP contribution in [0.15, 0.2) is 48.0 Å². The smallest absolute Gasteiger partial charge is 0.410 e. The van der Waals surface area contributed by atoms with E-state index in [1.807, 2.05) is 62.9 Å². The molecule has 0 spiro atoms. The number of benzene rings is 2. The van der Waals surface area contributed by atoms with E-state index in [9.17, 15) is 9.59 Å². The molecule has 2 aromatic rings. The quantitative estimate of drug-likeness (QED) is 0.367. The largest absolute Gasteiger partial charge is 0.493 e. The predicted molar refractivity (Wildman–Crippen MR) is 153 cm³/mol. The third-order valence-electron chi connectivity index (χ3n) is 6.59. The van der Waals surface area contributed by atoms with Gasteiger partial charge in [-0.15, -0.1) is 0 Å². The highest BCUT2D eigenvalue weighted by Gasteiger charge is 2.33. The maximum absolute atomic E-state index is 13.9. The monoisotopic (exact) mass is 538 g/mol. The van der Waals surface area contributed by atoms with Crippen LogP contribution in [-0.4, -0.2) is 74.4 Å². The van der Waals surface area contributed by atoms with Gasteiger partial charge >= 0.3 is 6.09 Å². The maximum atomic E-state index is 13.9. The van der Waals surface area contributed by atoms with E-state index in [4.69, 9.17) is 18.9 Å². The fourth-order valence-corrected chi connectivity index (χ4v) is 4.82. The zero-order chi connectivity index (χ0) is 28.6. The average molecular weight is 539 g/mol. The highest BCUT2D eigenvalue weighted by atomic mass is 16.6. The van der Waals surface area contributed by atoms with Gasteiger partial charge in [-0.05, 0) is 64.7 Å². The van der Waals surface area contributed by atoms with Gasteiger partial charge in [0.2, 0.25) is 5.75 Å². The van der Waals surface area contributed by atoms with E-state index < -0.39 is 5.60 Å².